The fourth-order valence-corrected chi connectivity index (χ4v) is 2.86. The van der Waals surface area contributed by atoms with E-state index in [9.17, 15) is 14.4 Å². The largest absolute Gasteiger partial charge is 0.332 e. The molecule has 2 heterocycles. The Balaban J connectivity index is 2.33. The van der Waals surface area contributed by atoms with Crippen LogP contribution in [0.4, 0.5) is 0 Å². The molecule has 0 aliphatic rings. The SMILES string of the molecule is CCCCCn1c(=O)c2c(ncn2CCCCC(C)=O)n(C)c1=O. The number of fused-ring (bicyclic) bond motifs is 1. The predicted molar refractivity (Wildman–Crippen MR) is 93.3 cm³/mol. The number of aromatic nitrogens is 4. The normalized spacial score (nSPS) is 11.3. The van der Waals surface area contributed by atoms with E-state index in [0.717, 1.165) is 32.1 Å². The molecule has 0 atom stereocenters. The lowest BCUT2D eigenvalue weighted by atomic mass is 10.2. The molecule has 0 aromatic carbocycles. The maximum Gasteiger partial charge on any atom is 0.332 e. The minimum absolute atomic E-state index is 0.172. The van der Waals surface area contributed by atoms with Crippen LogP contribution >= 0.6 is 0 Å². The summed E-state index contributed by atoms with van der Waals surface area (Å²) in [6.45, 7) is 4.72. The zero-order valence-corrected chi connectivity index (χ0v) is 14.7. The Bertz CT molecular complexity index is 829. The molecule has 0 aliphatic carbocycles. The van der Waals surface area contributed by atoms with Gasteiger partial charge >= 0.3 is 5.69 Å². The first kappa shape index (κ1) is 18.2. The number of ketones is 1. The van der Waals surface area contributed by atoms with Crippen LogP contribution in [0.5, 0.6) is 0 Å². The average molecular weight is 334 g/mol. The summed E-state index contributed by atoms with van der Waals surface area (Å²) in [6, 6.07) is 0. The summed E-state index contributed by atoms with van der Waals surface area (Å²) >= 11 is 0. The van der Waals surface area contributed by atoms with E-state index >= 15 is 0 Å². The summed E-state index contributed by atoms with van der Waals surface area (Å²) < 4.78 is 4.55. The molecule has 7 heteroatoms. The van der Waals surface area contributed by atoms with E-state index in [0.29, 0.717) is 30.7 Å². The highest BCUT2D eigenvalue weighted by Gasteiger charge is 2.15. The molecule has 7 nitrogen and oxygen atoms in total. The van der Waals surface area contributed by atoms with Crippen molar-refractivity contribution in [1.29, 1.82) is 0 Å². The molecule has 2 aromatic heterocycles. The average Bonchev–Trinajstić information content (AvgIpc) is 2.97. The molecule has 2 rings (SSSR count). The van der Waals surface area contributed by atoms with Crippen LogP contribution in [0.15, 0.2) is 15.9 Å². The highest BCUT2D eigenvalue weighted by molar-refractivity contribution is 5.75. The number of unbranched alkanes of at least 4 members (excludes halogenated alkanes) is 3. The third-order valence-corrected chi connectivity index (χ3v) is 4.26. The number of carbonyl (C=O) groups excluding carboxylic acids is 1. The van der Waals surface area contributed by atoms with Gasteiger partial charge in [-0.2, -0.15) is 0 Å². The van der Waals surface area contributed by atoms with Gasteiger partial charge < -0.3 is 9.36 Å². The molecule has 0 aliphatic heterocycles. The predicted octanol–water partition coefficient (Wildman–Crippen LogP) is 1.85. The van der Waals surface area contributed by atoms with Crippen LogP contribution in [0, 0.1) is 0 Å². The van der Waals surface area contributed by atoms with Crippen LogP contribution in [-0.2, 0) is 24.9 Å². The van der Waals surface area contributed by atoms with Crippen molar-refractivity contribution in [3.8, 4) is 0 Å². The molecule has 0 N–H and O–H groups in total. The van der Waals surface area contributed by atoms with Crippen molar-refractivity contribution < 1.29 is 4.79 Å². The lowest BCUT2D eigenvalue weighted by Gasteiger charge is -2.09. The maximum atomic E-state index is 12.8. The zero-order valence-electron chi connectivity index (χ0n) is 14.7. The number of nitrogens with zero attached hydrogens (tertiary/aromatic N) is 4. The first-order chi connectivity index (χ1) is 11.5. The van der Waals surface area contributed by atoms with E-state index in [1.54, 1.807) is 24.9 Å². The van der Waals surface area contributed by atoms with Crippen LogP contribution in [0.3, 0.4) is 0 Å². The Morgan fingerprint density at radius 1 is 1.12 bits per heavy atom. The van der Waals surface area contributed by atoms with Gasteiger partial charge in [0.15, 0.2) is 11.2 Å². The standard InChI is InChI=1S/C17H26N4O3/c1-4-5-7-11-21-16(23)14-15(19(3)17(21)24)18-12-20(14)10-8-6-9-13(2)22/h12H,4-11H2,1-3H3. The molecule has 0 bridgehead atoms. The van der Waals surface area contributed by atoms with E-state index in [2.05, 4.69) is 11.9 Å². The molecule has 0 fully saturated rings. The van der Waals surface area contributed by atoms with Gasteiger partial charge in [-0.25, -0.2) is 9.78 Å². The van der Waals surface area contributed by atoms with Crippen molar-refractivity contribution in [2.24, 2.45) is 7.05 Å². The third kappa shape index (κ3) is 3.83. The molecule has 0 amide bonds. The molecule has 132 valence electrons. The van der Waals surface area contributed by atoms with Gasteiger partial charge in [-0.1, -0.05) is 19.8 Å². The summed E-state index contributed by atoms with van der Waals surface area (Å²) in [5, 5.41) is 0. The summed E-state index contributed by atoms with van der Waals surface area (Å²) in [6.07, 6.45) is 6.56. The van der Waals surface area contributed by atoms with Crippen LogP contribution in [-0.4, -0.2) is 24.5 Å². The van der Waals surface area contributed by atoms with E-state index in [-0.39, 0.29) is 17.0 Å². The van der Waals surface area contributed by atoms with Gasteiger partial charge in [-0.15, -0.1) is 0 Å². The second-order valence-electron chi connectivity index (χ2n) is 6.27. The highest BCUT2D eigenvalue weighted by Crippen LogP contribution is 2.08. The fraction of sp³-hybridized carbons (Fsp3) is 0.647. The number of hydrogen-bond donors (Lipinski definition) is 0. The Kier molecular flexibility index (Phi) is 6.11. The molecule has 24 heavy (non-hydrogen) atoms. The molecule has 0 unspecified atom stereocenters. The number of hydrogen-bond acceptors (Lipinski definition) is 4. The fourth-order valence-electron chi connectivity index (χ4n) is 2.86. The van der Waals surface area contributed by atoms with Gasteiger partial charge in [0, 0.05) is 26.6 Å². The Hall–Kier alpha value is -2.18. The topological polar surface area (TPSA) is 78.9 Å². The molecular formula is C17H26N4O3. The van der Waals surface area contributed by atoms with Crippen molar-refractivity contribution >= 4 is 16.9 Å². The second-order valence-corrected chi connectivity index (χ2v) is 6.27. The molecule has 0 radical (unpaired) electrons. The highest BCUT2D eigenvalue weighted by atomic mass is 16.2. The lowest BCUT2D eigenvalue weighted by Crippen LogP contribution is -2.39. The molecular weight excluding hydrogens is 308 g/mol. The Morgan fingerprint density at radius 2 is 1.83 bits per heavy atom. The number of Topliss-reactive ketones (excluding diaryl/α,β-unsaturated/α-hetero) is 1. The number of aryl methyl sites for hydroxylation is 2. The van der Waals surface area contributed by atoms with Gasteiger partial charge in [0.1, 0.15) is 5.78 Å². The van der Waals surface area contributed by atoms with Gasteiger partial charge in [0.2, 0.25) is 0 Å². The maximum absolute atomic E-state index is 12.8. The minimum Gasteiger partial charge on any atom is -0.325 e. The number of carbonyl (C=O) groups is 1. The minimum atomic E-state index is -0.314. The van der Waals surface area contributed by atoms with E-state index in [1.165, 1.54) is 9.13 Å². The van der Waals surface area contributed by atoms with Gasteiger partial charge in [0.05, 0.1) is 6.33 Å². The Morgan fingerprint density at radius 3 is 2.50 bits per heavy atom. The van der Waals surface area contributed by atoms with Gasteiger partial charge in [-0.3, -0.25) is 13.9 Å². The van der Waals surface area contributed by atoms with E-state index in [4.69, 9.17) is 0 Å². The van der Waals surface area contributed by atoms with Crippen molar-refractivity contribution in [3.63, 3.8) is 0 Å². The smallest absolute Gasteiger partial charge is 0.325 e. The van der Waals surface area contributed by atoms with E-state index < -0.39 is 0 Å². The van der Waals surface area contributed by atoms with Crippen molar-refractivity contribution in [2.45, 2.75) is 65.5 Å². The van der Waals surface area contributed by atoms with Crippen LogP contribution < -0.4 is 11.2 Å². The third-order valence-electron chi connectivity index (χ3n) is 4.26. The number of rotatable bonds is 9. The molecule has 0 spiro atoms. The summed E-state index contributed by atoms with van der Waals surface area (Å²) in [4.78, 5) is 40.4. The van der Waals surface area contributed by atoms with Crippen molar-refractivity contribution in [2.75, 3.05) is 0 Å². The van der Waals surface area contributed by atoms with Crippen molar-refractivity contribution in [1.82, 2.24) is 18.7 Å². The summed E-state index contributed by atoms with van der Waals surface area (Å²) in [7, 11) is 1.65. The number of imidazole rings is 1. The first-order valence-electron chi connectivity index (χ1n) is 8.61. The molecule has 2 aromatic rings. The molecule has 0 saturated heterocycles. The lowest BCUT2D eigenvalue weighted by molar-refractivity contribution is -0.117. The molecule has 0 saturated carbocycles. The van der Waals surface area contributed by atoms with Gasteiger partial charge in [0.25, 0.3) is 5.56 Å². The monoisotopic (exact) mass is 334 g/mol. The van der Waals surface area contributed by atoms with Crippen LogP contribution in [0.25, 0.3) is 11.2 Å². The summed E-state index contributed by atoms with van der Waals surface area (Å²) in [5.74, 6) is 0.172. The van der Waals surface area contributed by atoms with Gasteiger partial charge in [-0.05, 0) is 26.2 Å². The quantitative estimate of drug-likeness (QED) is 0.656. The van der Waals surface area contributed by atoms with Crippen molar-refractivity contribution in [3.05, 3.63) is 27.2 Å². The summed E-state index contributed by atoms with van der Waals surface area (Å²) in [5.41, 5.74) is 0.304. The first-order valence-corrected chi connectivity index (χ1v) is 8.61. The second kappa shape index (κ2) is 8.08. The van der Waals surface area contributed by atoms with Crippen LogP contribution in [0.2, 0.25) is 0 Å². The van der Waals surface area contributed by atoms with Crippen LogP contribution in [0.1, 0.15) is 52.4 Å². The Labute approximate surface area is 140 Å². The zero-order chi connectivity index (χ0) is 17.7. The van der Waals surface area contributed by atoms with E-state index in [1.807, 2.05) is 0 Å².